The van der Waals surface area contributed by atoms with Gasteiger partial charge < -0.3 is 15.2 Å². The van der Waals surface area contributed by atoms with Crippen molar-refractivity contribution in [1.82, 2.24) is 0 Å². The fourth-order valence-electron chi connectivity index (χ4n) is 1.94. The quantitative estimate of drug-likeness (QED) is 0.626. The summed E-state index contributed by atoms with van der Waals surface area (Å²) in [5.41, 5.74) is 6.22. The van der Waals surface area contributed by atoms with E-state index in [1.165, 1.54) is 7.11 Å². The molecule has 2 unspecified atom stereocenters. The monoisotopic (exact) mass is 289 g/mol. The molecule has 21 heavy (non-hydrogen) atoms. The van der Waals surface area contributed by atoms with Crippen LogP contribution in [0, 0.1) is 0 Å². The zero-order valence-electron chi connectivity index (χ0n) is 11.6. The number of hydrogen-bond acceptors (Lipinski definition) is 5. The average molecular weight is 289 g/mol. The lowest BCUT2D eigenvalue weighted by molar-refractivity contribution is -0.440. The first-order valence-electron chi connectivity index (χ1n) is 6.47. The van der Waals surface area contributed by atoms with Crippen LogP contribution in [-0.4, -0.2) is 42.4 Å². The summed E-state index contributed by atoms with van der Waals surface area (Å²) >= 11 is 0. The van der Waals surface area contributed by atoms with E-state index in [1.54, 1.807) is 47.3 Å². The Bertz CT molecular complexity index is 581. The minimum Gasteiger partial charge on any atom is -0.466 e. The molecule has 0 bridgehead atoms. The Morgan fingerprint density at radius 1 is 1.33 bits per heavy atom. The second-order valence-electron chi connectivity index (χ2n) is 4.54. The highest BCUT2D eigenvalue weighted by Gasteiger charge is 2.28. The van der Waals surface area contributed by atoms with Gasteiger partial charge in [0.2, 0.25) is 12.6 Å². The maximum Gasteiger partial charge on any atom is 0.373 e. The smallest absolute Gasteiger partial charge is 0.373 e. The van der Waals surface area contributed by atoms with Crippen LogP contribution < -0.4 is 5.73 Å². The van der Waals surface area contributed by atoms with Crippen LogP contribution in [0.3, 0.4) is 0 Å². The van der Waals surface area contributed by atoms with Crippen molar-refractivity contribution in [2.24, 2.45) is 5.73 Å². The molecule has 1 heterocycles. The van der Waals surface area contributed by atoms with Gasteiger partial charge in [-0.15, -0.1) is 0 Å². The number of esters is 2. The van der Waals surface area contributed by atoms with E-state index >= 15 is 0 Å². The molecule has 0 saturated carbocycles. The summed E-state index contributed by atoms with van der Waals surface area (Å²) in [6.45, 7) is -0.00940. The summed E-state index contributed by atoms with van der Waals surface area (Å²) in [4.78, 5) is 23.7. The molecule has 0 saturated heterocycles. The van der Waals surface area contributed by atoms with E-state index in [4.69, 9.17) is 10.5 Å². The number of carbonyl (C=O) groups is 2. The van der Waals surface area contributed by atoms with Crippen molar-refractivity contribution in [3.05, 3.63) is 48.2 Å². The van der Waals surface area contributed by atoms with Gasteiger partial charge in [-0.25, -0.2) is 9.59 Å². The Morgan fingerprint density at radius 3 is 2.62 bits per heavy atom. The second-order valence-corrected chi connectivity index (χ2v) is 4.54. The molecule has 1 aliphatic heterocycles. The molecule has 1 aliphatic rings. The van der Waals surface area contributed by atoms with E-state index in [0.717, 1.165) is 0 Å². The zero-order valence-corrected chi connectivity index (χ0v) is 11.6. The van der Waals surface area contributed by atoms with Gasteiger partial charge in [-0.3, -0.25) is 0 Å². The van der Waals surface area contributed by atoms with Crippen LogP contribution in [0.25, 0.3) is 0 Å². The lowest BCUT2D eigenvalue weighted by Gasteiger charge is -2.15. The van der Waals surface area contributed by atoms with Crippen LogP contribution in [-0.2, 0) is 19.1 Å². The van der Waals surface area contributed by atoms with E-state index < -0.39 is 18.0 Å². The van der Waals surface area contributed by atoms with Crippen molar-refractivity contribution in [1.29, 1.82) is 0 Å². The van der Waals surface area contributed by atoms with Crippen molar-refractivity contribution in [2.45, 2.75) is 12.1 Å². The Hall–Kier alpha value is -2.47. The maximum absolute atomic E-state index is 11.9. The van der Waals surface area contributed by atoms with Gasteiger partial charge in [0.05, 0.1) is 7.11 Å². The molecule has 2 rings (SSSR count). The Kier molecular flexibility index (Phi) is 4.84. The van der Waals surface area contributed by atoms with Crippen LogP contribution in [0.1, 0.15) is 11.7 Å². The predicted molar refractivity (Wildman–Crippen MR) is 75.6 cm³/mol. The Morgan fingerprint density at radius 2 is 2.05 bits per heavy atom. The maximum atomic E-state index is 11.9. The van der Waals surface area contributed by atoms with Gasteiger partial charge in [0.25, 0.3) is 0 Å². The van der Waals surface area contributed by atoms with Crippen LogP contribution in [0.2, 0.25) is 0 Å². The summed E-state index contributed by atoms with van der Waals surface area (Å²) in [5, 5.41) is 0. The zero-order chi connectivity index (χ0) is 15.2. The largest absolute Gasteiger partial charge is 0.466 e. The van der Waals surface area contributed by atoms with Crippen molar-refractivity contribution in [3.8, 4) is 0 Å². The highest BCUT2D eigenvalue weighted by Crippen LogP contribution is 2.19. The standard InChI is InChI=1S/C15H17N2O4/c1-20-15(19)14(11-5-3-2-4-6-11)21-13(18)10-17-8-7-12(16)9-17/h2-9,12,14H,10,16H2,1H3/q+1. The molecule has 0 spiro atoms. The number of nitrogens with zero attached hydrogens (tertiary/aromatic N) is 1. The fourth-order valence-corrected chi connectivity index (χ4v) is 1.94. The Labute approximate surface area is 122 Å². The van der Waals surface area contributed by atoms with E-state index in [1.807, 2.05) is 6.07 Å². The van der Waals surface area contributed by atoms with Gasteiger partial charge in [0.1, 0.15) is 6.04 Å². The molecule has 0 amide bonds. The average Bonchev–Trinajstić information content (AvgIpc) is 2.90. The van der Waals surface area contributed by atoms with Gasteiger partial charge in [-0.05, 0) is 0 Å². The first-order chi connectivity index (χ1) is 10.1. The number of ether oxygens (including phenoxy) is 2. The summed E-state index contributed by atoms with van der Waals surface area (Å²) in [6.07, 6.45) is 4.07. The minimum absolute atomic E-state index is 0.00940. The SMILES string of the molecule is COC(=O)C(OC(=O)C[N+]1=CC(N)C=C1)c1ccccc1. The molecular weight excluding hydrogens is 272 g/mol. The third kappa shape index (κ3) is 4.00. The predicted octanol–water partition coefficient (Wildman–Crippen LogP) is 0.382. The molecule has 0 aliphatic carbocycles. The molecule has 6 nitrogen and oxygen atoms in total. The number of benzene rings is 1. The number of nitrogens with two attached hydrogens (primary N) is 1. The van der Waals surface area contributed by atoms with E-state index in [9.17, 15) is 9.59 Å². The van der Waals surface area contributed by atoms with Gasteiger partial charge >= 0.3 is 11.9 Å². The van der Waals surface area contributed by atoms with E-state index in [2.05, 4.69) is 4.74 Å². The first kappa shape index (κ1) is 14.9. The van der Waals surface area contributed by atoms with Crippen molar-refractivity contribution in [3.63, 3.8) is 0 Å². The third-order valence-electron chi connectivity index (χ3n) is 2.94. The molecule has 6 heteroatoms. The van der Waals surface area contributed by atoms with Gasteiger partial charge in [-0.2, -0.15) is 4.58 Å². The fraction of sp³-hybridized carbons (Fsp3) is 0.267. The van der Waals surface area contributed by atoms with Gasteiger partial charge in [-0.1, -0.05) is 30.3 Å². The highest BCUT2D eigenvalue weighted by atomic mass is 16.6. The molecular formula is C15H17N2O4+. The highest BCUT2D eigenvalue weighted by molar-refractivity contribution is 5.81. The van der Waals surface area contributed by atoms with Crippen LogP contribution >= 0.6 is 0 Å². The summed E-state index contributed by atoms with van der Waals surface area (Å²) in [6, 6.07) is 8.53. The van der Waals surface area contributed by atoms with Gasteiger partial charge in [0, 0.05) is 11.6 Å². The lowest BCUT2D eigenvalue weighted by atomic mass is 10.1. The lowest BCUT2D eigenvalue weighted by Crippen LogP contribution is -2.27. The number of hydrogen-bond donors (Lipinski definition) is 1. The molecule has 2 N–H and O–H groups in total. The topological polar surface area (TPSA) is 81.6 Å². The van der Waals surface area contributed by atoms with Crippen LogP contribution in [0.15, 0.2) is 42.6 Å². The summed E-state index contributed by atoms with van der Waals surface area (Å²) < 4.78 is 11.5. The normalized spacial score (nSPS) is 18.0. The minimum atomic E-state index is -1.07. The van der Waals surface area contributed by atoms with E-state index in [-0.39, 0.29) is 12.6 Å². The van der Waals surface area contributed by atoms with Crippen molar-refractivity contribution < 1.29 is 23.6 Å². The van der Waals surface area contributed by atoms with Gasteiger partial charge in [0.15, 0.2) is 12.4 Å². The van der Waals surface area contributed by atoms with Crippen LogP contribution in [0.5, 0.6) is 0 Å². The second kappa shape index (κ2) is 6.81. The molecule has 0 aromatic heterocycles. The summed E-state index contributed by atoms with van der Waals surface area (Å²) in [7, 11) is 1.25. The van der Waals surface area contributed by atoms with Crippen molar-refractivity contribution in [2.75, 3.05) is 13.7 Å². The number of methoxy groups -OCH3 is 1. The molecule has 0 radical (unpaired) electrons. The summed E-state index contributed by atoms with van der Waals surface area (Å²) in [5.74, 6) is -1.16. The third-order valence-corrected chi connectivity index (χ3v) is 2.94. The number of rotatable bonds is 5. The first-order valence-corrected chi connectivity index (χ1v) is 6.47. The van der Waals surface area contributed by atoms with E-state index in [0.29, 0.717) is 5.56 Å². The molecule has 2 atom stereocenters. The number of carbonyl (C=O) groups excluding carboxylic acids is 2. The molecule has 1 aromatic carbocycles. The molecule has 110 valence electrons. The van der Waals surface area contributed by atoms with Crippen molar-refractivity contribution >= 4 is 18.2 Å². The Balaban J connectivity index is 2.05. The molecule has 0 fully saturated rings. The molecule has 1 aromatic rings. The van der Waals surface area contributed by atoms with Crippen LogP contribution in [0.4, 0.5) is 0 Å².